The number of amides is 1. The van der Waals surface area contributed by atoms with Gasteiger partial charge in [0.25, 0.3) is 5.91 Å². The second-order valence-electron chi connectivity index (χ2n) is 5.15. The van der Waals surface area contributed by atoms with E-state index in [1.54, 1.807) is 37.3 Å². The van der Waals surface area contributed by atoms with Crippen molar-refractivity contribution >= 4 is 22.8 Å². The lowest BCUT2D eigenvalue weighted by Crippen LogP contribution is -2.27. The van der Waals surface area contributed by atoms with Crippen molar-refractivity contribution in [3.8, 4) is 0 Å². The maximum atomic E-state index is 12.2. The minimum atomic E-state index is -0.720. The number of esters is 1. The van der Waals surface area contributed by atoms with E-state index in [1.807, 2.05) is 0 Å². The van der Waals surface area contributed by atoms with Gasteiger partial charge in [-0.2, -0.15) is 0 Å². The third-order valence-corrected chi connectivity index (χ3v) is 3.45. The second kappa shape index (κ2) is 7.04. The molecule has 3 rings (SSSR count). The number of carbonyl (C=O) groups is 2. The summed E-state index contributed by atoms with van der Waals surface area (Å²) in [5.41, 5.74) is -0.409. The maximum absolute atomic E-state index is 12.2. The Labute approximate surface area is 142 Å². The number of furan rings is 1. The van der Waals surface area contributed by atoms with E-state index in [2.05, 4.69) is 5.32 Å². The summed E-state index contributed by atoms with van der Waals surface area (Å²) in [5, 5.41) is 3.21. The van der Waals surface area contributed by atoms with Crippen molar-refractivity contribution in [2.45, 2.75) is 13.5 Å². The summed E-state index contributed by atoms with van der Waals surface area (Å²) in [5.74, 6) is -0.748. The van der Waals surface area contributed by atoms with E-state index in [-0.39, 0.29) is 24.5 Å². The first-order valence-electron chi connectivity index (χ1n) is 7.65. The number of hydrogen-bond acceptors (Lipinski definition) is 6. The van der Waals surface area contributed by atoms with Gasteiger partial charge in [0.1, 0.15) is 16.9 Å². The van der Waals surface area contributed by atoms with E-state index < -0.39 is 17.5 Å². The summed E-state index contributed by atoms with van der Waals surface area (Å²) < 4.78 is 15.2. The SMILES string of the molecule is CCOC(=O)c1ccc(CNC(=O)c2cc3ccccc3oc2=O)o1. The molecule has 7 nitrogen and oxygen atoms in total. The van der Waals surface area contributed by atoms with Crippen molar-refractivity contribution in [2.75, 3.05) is 6.61 Å². The first-order chi connectivity index (χ1) is 12.1. The van der Waals surface area contributed by atoms with Crippen molar-refractivity contribution < 1.29 is 23.2 Å². The third-order valence-electron chi connectivity index (χ3n) is 3.45. The van der Waals surface area contributed by atoms with Crippen LogP contribution < -0.4 is 10.9 Å². The molecular weight excluding hydrogens is 326 g/mol. The van der Waals surface area contributed by atoms with Crippen LogP contribution in [0, 0.1) is 0 Å². The van der Waals surface area contributed by atoms with Crippen LogP contribution in [0.4, 0.5) is 0 Å². The molecule has 128 valence electrons. The fourth-order valence-corrected chi connectivity index (χ4v) is 2.27. The Balaban J connectivity index is 1.72. The minimum absolute atomic E-state index is 0.0184. The second-order valence-corrected chi connectivity index (χ2v) is 5.15. The molecule has 25 heavy (non-hydrogen) atoms. The number of carbonyl (C=O) groups excluding carboxylic acids is 2. The summed E-state index contributed by atoms with van der Waals surface area (Å²) in [6, 6.07) is 11.4. The van der Waals surface area contributed by atoms with Crippen LogP contribution >= 0.6 is 0 Å². The van der Waals surface area contributed by atoms with Gasteiger partial charge in [-0.15, -0.1) is 0 Å². The maximum Gasteiger partial charge on any atom is 0.374 e. The number of fused-ring (bicyclic) bond motifs is 1. The lowest BCUT2D eigenvalue weighted by molar-refractivity contribution is 0.0488. The summed E-state index contributed by atoms with van der Waals surface area (Å²) in [4.78, 5) is 35.7. The van der Waals surface area contributed by atoms with Gasteiger partial charge in [-0.05, 0) is 31.2 Å². The molecule has 0 atom stereocenters. The molecule has 2 aromatic heterocycles. The van der Waals surface area contributed by atoms with Gasteiger partial charge in [0, 0.05) is 5.39 Å². The molecule has 1 N–H and O–H groups in total. The summed E-state index contributed by atoms with van der Waals surface area (Å²) >= 11 is 0. The minimum Gasteiger partial charge on any atom is -0.460 e. The van der Waals surface area contributed by atoms with E-state index in [9.17, 15) is 14.4 Å². The molecule has 0 bridgehead atoms. The van der Waals surface area contributed by atoms with Crippen LogP contribution in [0.15, 0.2) is 56.1 Å². The van der Waals surface area contributed by atoms with Crippen LogP contribution in [0.25, 0.3) is 11.0 Å². The highest BCUT2D eigenvalue weighted by molar-refractivity contribution is 5.96. The first-order valence-corrected chi connectivity index (χ1v) is 7.65. The molecule has 0 spiro atoms. The fraction of sp³-hybridized carbons (Fsp3) is 0.167. The van der Waals surface area contributed by atoms with Crippen molar-refractivity contribution in [3.05, 3.63) is 70.0 Å². The Morgan fingerprint density at radius 1 is 1.12 bits per heavy atom. The summed E-state index contributed by atoms with van der Waals surface area (Å²) in [6.07, 6.45) is 0. The topological polar surface area (TPSA) is 98.7 Å². The Bertz CT molecular complexity index is 984. The zero-order chi connectivity index (χ0) is 17.8. The highest BCUT2D eigenvalue weighted by Gasteiger charge is 2.15. The number of hydrogen-bond donors (Lipinski definition) is 1. The largest absolute Gasteiger partial charge is 0.460 e. The average molecular weight is 341 g/mol. The van der Waals surface area contributed by atoms with Crippen molar-refractivity contribution in [3.63, 3.8) is 0 Å². The van der Waals surface area contributed by atoms with E-state index in [1.165, 1.54) is 12.1 Å². The molecule has 0 radical (unpaired) electrons. The molecule has 1 aromatic carbocycles. The highest BCUT2D eigenvalue weighted by Crippen LogP contribution is 2.13. The molecule has 7 heteroatoms. The predicted molar refractivity (Wildman–Crippen MR) is 88.3 cm³/mol. The van der Waals surface area contributed by atoms with Crippen molar-refractivity contribution in [1.82, 2.24) is 5.32 Å². The van der Waals surface area contributed by atoms with Gasteiger partial charge in [-0.1, -0.05) is 18.2 Å². The van der Waals surface area contributed by atoms with Gasteiger partial charge in [-0.25, -0.2) is 9.59 Å². The molecule has 0 aliphatic carbocycles. The number of para-hydroxylation sites is 1. The molecule has 1 amide bonds. The molecule has 2 heterocycles. The van der Waals surface area contributed by atoms with E-state index in [4.69, 9.17) is 13.6 Å². The molecule has 0 saturated carbocycles. The number of rotatable bonds is 5. The van der Waals surface area contributed by atoms with E-state index >= 15 is 0 Å². The normalized spacial score (nSPS) is 10.6. The summed E-state index contributed by atoms with van der Waals surface area (Å²) in [7, 11) is 0. The van der Waals surface area contributed by atoms with Crippen LogP contribution in [-0.2, 0) is 11.3 Å². The number of benzene rings is 1. The van der Waals surface area contributed by atoms with Gasteiger partial charge >= 0.3 is 11.6 Å². The lowest BCUT2D eigenvalue weighted by atomic mass is 10.2. The first kappa shape index (κ1) is 16.5. The predicted octanol–water partition coefficient (Wildman–Crippen LogP) is 2.49. The third kappa shape index (κ3) is 3.60. The molecule has 0 saturated heterocycles. The monoisotopic (exact) mass is 341 g/mol. The molecule has 0 fully saturated rings. The zero-order valence-corrected chi connectivity index (χ0v) is 13.4. The number of ether oxygens (including phenoxy) is 1. The van der Waals surface area contributed by atoms with Crippen LogP contribution in [0.1, 0.15) is 33.6 Å². The fourth-order valence-electron chi connectivity index (χ4n) is 2.27. The lowest BCUT2D eigenvalue weighted by Gasteiger charge is -2.04. The highest BCUT2D eigenvalue weighted by atomic mass is 16.5. The van der Waals surface area contributed by atoms with Crippen molar-refractivity contribution in [2.24, 2.45) is 0 Å². The Kier molecular flexibility index (Phi) is 4.65. The Hall–Kier alpha value is -3.35. The zero-order valence-electron chi connectivity index (χ0n) is 13.4. The molecular formula is C18H15NO6. The van der Waals surface area contributed by atoms with E-state index in [0.29, 0.717) is 16.7 Å². The Morgan fingerprint density at radius 2 is 1.92 bits per heavy atom. The smallest absolute Gasteiger partial charge is 0.374 e. The molecule has 3 aromatic rings. The standard InChI is InChI=1S/C18H15NO6/c1-2-23-18(22)15-8-7-12(24-15)10-19-16(20)13-9-11-5-3-4-6-14(11)25-17(13)21/h3-9H,2,10H2,1H3,(H,19,20). The van der Waals surface area contributed by atoms with Gasteiger partial charge in [-0.3, -0.25) is 4.79 Å². The van der Waals surface area contributed by atoms with Gasteiger partial charge in [0.2, 0.25) is 5.76 Å². The molecule has 0 aliphatic heterocycles. The number of nitrogens with one attached hydrogen (secondary N) is 1. The van der Waals surface area contributed by atoms with Gasteiger partial charge in [0.05, 0.1) is 13.2 Å². The van der Waals surface area contributed by atoms with Crippen LogP contribution in [-0.4, -0.2) is 18.5 Å². The average Bonchev–Trinajstić information content (AvgIpc) is 3.08. The molecule has 0 aliphatic rings. The van der Waals surface area contributed by atoms with Gasteiger partial charge in [0.15, 0.2) is 0 Å². The quantitative estimate of drug-likeness (QED) is 0.565. The van der Waals surface area contributed by atoms with Crippen LogP contribution in [0.3, 0.4) is 0 Å². The summed E-state index contributed by atoms with van der Waals surface area (Å²) in [6.45, 7) is 1.95. The van der Waals surface area contributed by atoms with Crippen molar-refractivity contribution in [1.29, 1.82) is 0 Å². The van der Waals surface area contributed by atoms with Crippen LogP contribution in [0.2, 0.25) is 0 Å². The van der Waals surface area contributed by atoms with Crippen LogP contribution in [0.5, 0.6) is 0 Å². The Morgan fingerprint density at radius 3 is 2.72 bits per heavy atom. The molecule has 0 unspecified atom stereocenters. The van der Waals surface area contributed by atoms with E-state index in [0.717, 1.165) is 0 Å². The van der Waals surface area contributed by atoms with Gasteiger partial charge < -0.3 is 18.9 Å².